The Morgan fingerprint density at radius 1 is 1.31 bits per heavy atom. The van der Waals surface area contributed by atoms with Gasteiger partial charge in [-0.3, -0.25) is 4.79 Å². The predicted octanol–water partition coefficient (Wildman–Crippen LogP) is 2.25. The van der Waals surface area contributed by atoms with Gasteiger partial charge in [0, 0.05) is 5.69 Å². The van der Waals surface area contributed by atoms with Crippen LogP contribution in [0.15, 0.2) is 0 Å². The summed E-state index contributed by atoms with van der Waals surface area (Å²) < 4.78 is 0. The summed E-state index contributed by atoms with van der Waals surface area (Å²) in [6.45, 7) is 6.45. The highest BCUT2D eigenvalue weighted by Gasteiger charge is 2.23. The van der Waals surface area contributed by atoms with Crippen molar-refractivity contribution >= 4 is 6.29 Å². The first-order valence-corrected chi connectivity index (χ1v) is 5.96. The van der Waals surface area contributed by atoms with Crippen LogP contribution in [0.4, 0.5) is 0 Å². The van der Waals surface area contributed by atoms with Crippen molar-refractivity contribution in [3.8, 4) is 0 Å². The van der Waals surface area contributed by atoms with Gasteiger partial charge in [0.05, 0.1) is 5.69 Å². The van der Waals surface area contributed by atoms with Crippen LogP contribution >= 0.6 is 0 Å². The summed E-state index contributed by atoms with van der Waals surface area (Å²) in [7, 11) is 2.17. The molecule has 0 spiro atoms. The Kier molecular flexibility index (Phi) is 3.15. The number of carbonyl (C=O) groups is 1. The zero-order chi connectivity index (χ0) is 11.7. The van der Waals surface area contributed by atoms with E-state index in [1.54, 1.807) is 0 Å². The average Bonchev–Trinajstić information content (AvgIpc) is 2.56. The molecule has 0 saturated carbocycles. The second-order valence-electron chi connectivity index (χ2n) is 4.90. The zero-order valence-corrected chi connectivity index (χ0v) is 10.3. The SMILES string of the molecule is Cc1[nH]c(C=O)c(C)c1C1CCN(C)CC1. The number of aryl methyl sites for hydroxylation is 1. The zero-order valence-electron chi connectivity index (χ0n) is 10.3. The fourth-order valence-corrected chi connectivity index (χ4v) is 2.82. The Hall–Kier alpha value is -1.09. The molecule has 2 rings (SSSR count). The third-order valence-corrected chi connectivity index (χ3v) is 3.78. The normalized spacial score (nSPS) is 18.9. The highest BCUT2D eigenvalue weighted by atomic mass is 16.1. The van der Waals surface area contributed by atoms with Gasteiger partial charge in [-0.25, -0.2) is 0 Å². The van der Waals surface area contributed by atoms with E-state index in [4.69, 9.17) is 0 Å². The van der Waals surface area contributed by atoms with Crippen LogP contribution in [-0.2, 0) is 0 Å². The molecule has 0 unspecified atom stereocenters. The Morgan fingerprint density at radius 2 is 1.94 bits per heavy atom. The lowest BCUT2D eigenvalue weighted by molar-refractivity contribution is 0.111. The first kappa shape index (κ1) is 11.4. The van der Waals surface area contributed by atoms with E-state index in [9.17, 15) is 4.79 Å². The first-order valence-electron chi connectivity index (χ1n) is 5.96. The highest BCUT2D eigenvalue weighted by molar-refractivity contribution is 5.76. The molecule has 1 aliphatic rings. The molecule has 2 heterocycles. The third kappa shape index (κ3) is 1.92. The quantitative estimate of drug-likeness (QED) is 0.776. The monoisotopic (exact) mass is 220 g/mol. The molecule has 3 nitrogen and oxygen atoms in total. The van der Waals surface area contributed by atoms with Crippen LogP contribution < -0.4 is 0 Å². The minimum absolute atomic E-state index is 0.626. The van der Waals surface area contributed by atoms with Crippen molar-refractivity contribution in [1.82, 2.24) is 9.88 Å². The van der Waals surface area contributed by atoms with Crippen molar-refractivity contribution in [2.75, 3.05) is 20.1 Å². The van der Waals surface area contributed by atoms with Crippen LogP contribution in [0.2, 0.25) is 0 Å². The molecule has 1 aromatic rings. The van der Waals surface area contributed by atoms with Crippen molar-refractivity contribution in [3.63, 3.8) is 0 Å². The number of hydrogen-bond acceptors (Lipinski definition) is 2. The molecule has 0 radical (unpaired) electrons. The molecule has 0 amide bonds. The molecule has 1 fully saturated rings. The van der Waals surface area contributed by atoms with Gasteiger partial charge in [-0.1, -0.05) is 0 Å². The molecule has 3 heteroatoms. The number of likely N-dealkylation sites (tertiary alicyclic amines) is 1. The molecule has 1 aromatic heterocycles. The number of hydrogen-bond donors (Lipinski definition) is 1. The summed E-state index contributed by atoms with van der Waals surface area (Å²) in [5, 5.41) is 0. The number of aromatic nitrogens is 1. The maximum atomic E-state index is 10.9. The molecule has 0 atom stereocenters. The van der Waals surface area contributed by atoms with Crippen molar-refractivity contribution < 1.29 is 4.79 Å². The van der Waals surface area contributed by atoms with Gasteiger partial charge in [-0.05, 0) is 63.9 Å². The van der Waals surface area contributed by atoms with E-state index in [-0.39, 0.29) is 0 Å². The van der Waals surface area contributed by atoms with Crippen LogP contribution in [0.1, 0.15) is 46.1 Å². The Bertz CT molecular complexity index is 387. The molecule has 88 valence electrons. The molecule has 0 aromatic carbocycles. The van der Waals surface area contributed by atoms with Crippen molar-refractivity contribution in [3.05, 3.63) is 22.5 Å². The van der Waals surface area contributed by atoms with Gasteiger partial charge in [-0.15, -0.1) is 0 Å². The summed E-state index contributed by atoms with van der Waals surface area (Å²) in [5.74, 6) is 0.626. The van der Waals surface area contributed by atoms with Crippen molar-refractivity contribution in [2.45, 2.75) is 32.6 Å². The van der Waals surface area contributed by atoms with Crippen LogP contribution in [-0.4, -0.2) is 36.3 Å². The Morgan fingerprint density at radius 3 is 2.44 bits per heavy atom. The van der Waals surface area contributed by atoms with Gasteiger partial charge in [0.25, 0.3) is 0 Å². The van der Waals surface area contributed by atoms with Gasteiger partial charge in [0.15, 0.2) is 6.29 Å². The molecule has 1 N–H and O–H groups in total. The predicted molar refractivity (Wildman–Crippen MR) is 65.1 cm³/mol. The minimum Gasteiger partial charge on any atom is -0.356 e. The van der Waals surface area contributed by atoms with E-state index >= 15 is 0 Å². The van der Waals surface area contributed by atoms with Gasteiger partial charge in [0.1, 0.15) is 0 Å². The van der Waals surface area contributed by atoms with Crippen molar-refractivity contribution in [2.24, 2.45) is 0 Å². The molecule has 0 bridgehead atoms. The van der Waals surface area contributed by atoms with E-state index in [1.807, 2.05) is 0 Å². The lowest BCUT2D eigenvalue weighted by atomic mass is 9.87. The number of piperidine rings is 1. The Balaban J connectivity index is 2.26. The number of carbonyl (C=O) groups excluding carboxylic acids is 1. The van der Waals surface area contributed by atoms with Gasteiger partial charge in [0.2, 0.25) is 0 Å². The average molecular weight is 220 g/mol. The summed E-state index contributed by atoms with van der Waals surface area (Å²) in [5.41, 5.74) is 4.47. The maximum absolute atomic E-state index is 10.9. The number of rotatable bonds is 2. The third-order valence-electron chi connectivity index (χ3n) is 3.78. The fraction of sp³-hybridized carbons (Fsp3) is 0.615. The van der Waals surface area contributed by atoms with E-state index in [0.717, 1.165) is 30.6 Å². The smallest absolute Gasteiger partial charge is 0.166 e. The summed E-state index contributed by atoms with van der Waals surface area (Å²) in [4.78, 5) is 16.4. The van der Waals surface area contributed by atoms with E-state index in [0.29, 0.717) is 5.92 Å². The van der Waals surface area contributed by atoms with Gasteiger partial charge in [-0.2, -0.15) is 0 Å². The number of aldehydes is 1. The number of H-pyrrole nitrogens is 1. The van der Waals surface area contributed by atoms with E-state index in [1.165, 1.54) is 24.1 Å². The largest absolute Gasteiger partial charge is 0.356 e. The fourth-order valence-electron chi connectivity index (χ4n) is 2.82. The van der Waals surface area contributed by atoms with Gasteiger partial charge < -0.3 is 9.88 Å². The second kappa shape index (κ2) is 4.42. The topological polar surface area (TPSA) is 36.1 Å². The standard InChI is InChI=1S/C13H20N2O/c1-9-12(8-16)14-10(2)13(9)11-4-6-15(3)7-5-11/h8,11,14H,4-7H2,1-3H3. The molecule has 16 heavy (non-hydrogen) atoms. The van der Waals surface area contributed by atoms with Crippen molar-refractivity contribution in [1.29, 1.82) is 0 Å². The van der Waals surface area contributed by atoms with Gasteiger partial charge >= 0.3 is 0 Å². The van der Waals surface area contributed by atoms with E-state index in [2.05, 4.69) is 30.8 Å². The molecule has 1 saturated heterocycles. The molecular formula is C13H20N2O. The van der Waals surface area contributed by atoms with Crippen LogP contribution in [0, 0.1) is 13.8 Å². The number of nitrogens with one attached hydrogen (secondary N) is 1. The van der Waals surface area contributed by atoms with E-state index < -0.39 is 0 Å². The molecule has 0 aliphatic carbocycles. The lowest BCUT2D eigenvalue weighted by Gasteiger charge is -2.29. The van der Waals surface area contributed by atoms with Crippen LogP contribution in [0.25, 0.3) is 0 Å². The second-order valence-corrected chi connectivity index (χ2v) is 4.90. The minimum atomic E-state index is 0.626. The summed E-state index contributed by atoms with van der Waals surface area (Å²) in [6, 6.07) is 0. The number of nitrogens with zero attached hydrogens (tertiary/aromatic N) is 1. The first-order chi connectivity index (χ1) is 7.63. The van der Waals surface area contributed by atoms with Crippen LogP contribution in [0.3, 0.4) is 0 Å². The maximum Gasteiger partial charge on any atom is 0.166 e. The molecule has 1 aliphatic heterocycles. The lowest BCUT2D eigenvalue weighted by Crippen LogP contribution is -2.29. The molecular weight excluding hydrogens is 200 g/mol. The summed E-state index contributed by atoms with van der Waals surface area (Å²) >= 11 is 0. The highest BCUT2D eigenvalue weighted by Crippen LogP contribution is 2.33. The Labute approximate surface area is 96.8 Å². The number of aromatic amines is 1. The van der Waals surface area contributed by atoms with Crippen LogP contribution in [0.5, 0.6) is 0 Å². The summed E-state index contributed by atoms with van der Waals surface area (Å²) in [6.07, 6.45) is 3.34.